The molecule has 0 fully saturated rings. The molecule has 0 unspecified atom stereocenters. The Morgan fingerprint density at radius 1 is 1.42 bits per heavy atom. The number of benzene rings is 1. The number of carbonyl (C=O) groups is 2. The number of carboxylic acid groups (broad SMARTS) is 1. The fourth-order valence-electron chi connectivity index (χ4n) is 1.41. The van der Waals surface area contributed by atoms with Crippen molar-refractivity contribution in [2.75, 3.05) is 7.11 Å². The molecule has 0 aromatic heterocycles. The van der Waals surface area contributed by atoms with Gasteiger partial charge >= 0.3 is 5.97 Å². The van der Waals surface area contributed by atoms with E-state index in [-0.39, 0.29) is 12.8 Å². The molecule has 0 bridgehead atoms. The molecule has 1 aromatic carbocycles. The predicted octanol–water partition coefficient (Wildman–Crippen LogP) is 0.833. The normalized spacial score (nSPS) is 12.3. The van der Waals surface area contributed by atoms with E-state index in [0.29, 0.717) is 5.75 Å². The summed E-state index contributed by atoms with van der Waals surface area (Å²) in [5.74, 6) is -0.905. The third-order valence-corrected chi connectivity index (χ3v) is 2.47. The highest BCUT2D eigenvalue weighted by Gasteiger charge is 2.15. The van der Waals surface area contributed by atoms with Crippen molar-refractivity contribution < 1.29 is 19.4 Å². The number of aliphatic carboxylic acids is 1. The zero-order valence-electron chi connectivity index (χ0n) is 10.6. The lowest BCUT2D eigenvalue weighted by Crippen LogP contribution is -2.21. The fraction of sp³-hybridized carbons (Fsp3) is 0.308. The zero-order chi connectivity index (χ0) is 14.3. The maximum Gasteiger partial charge on any atom is 0.328 e. The van der Waals surface area contributed by atoms with Crippen LogP contribution in [0.2, 0.25) is 0 Å². The molecule has 0 radical (unpaired) electrons. The molecule has 19 heavy (non-hydrogen) atoms. The van der Waals surface area contributed by atoms with Crippen LogP contribution in [0.3, 0.4) is 0 Å². The Labute approximate surface area is 110 Å². The molecule has 1 rings (SSSR count). The van der Waals surface area contributed by atoms with E-state index in [1.807, 2.05) is 0 Å². The summed E-state index contributed by atoms with van der Waals surface area (Å²) in [6.07, 6.45) is 1.55. The average molecular weight is 264 g/mol. The lowest BCUT2D eigenvalue weighted by atomic mass is 10.1. The lowest BCUT2D eigenvalue weighted by molar-refractivity contribution is -0.138. The molecule has 1 aromatic rings. The first-order valence-corrected chi connectivity index (χ1v) is 5.71. The van der Waals surface area contributed by atoms with Crippen LogP contribution in [-0.4, -0.2) is 36.3 Å². The van der Waals surface area contributed by atoms with Gasteiger partial charge in [0.25, 0.3) is 0 Å². The fourth-order valence-corrected chi connectivity index (χ4v) is 1.41. The van der Waals surface area contributed by atoms with Gasteiger partial charge in [0.15, 0.2) is 0 Å². The van der Waals surface area contributed by atoms with Crippen LogP contribution < -0.4 is 10.5 Å². The summed E-state index contributed by atoms with van der Waals surface area (Å²) < 4.78 is 5.01. The highest BCUT2D eigenvalue weighted by atomic mass is 16.5. The third-order valence-electron chi connectivity index (χ3n) is 2.47. The smallest absolute Gasteiger partial charge is 0.328 e. The van der Waals surface area contributed by atoms with E-state index >= 15 is 0 Å². The number of nitrogens with two attached hydrogens (primary N) is 1. The molecule has 102 valence electrons. The van der Waals surface area contributed by atoms with Crippen LogP contribution in [0.4, 0.5) is 0 Å². The van der Waals surface area contributed by atoms with Crippen LogP contribution in [-0.2, 0) is 9.59 Å². The molecule has 0 saturated carbocycles. The minimum Gasteiger partial charge on any atom is -0.497 e. The van der Waals surface area contributed by atoms with E-state index < -0.39 is 17.9 Å². The Morgan fingerprint density at radius 3 is 2.53 bits per heavy atom. The molecule has 0 aliphatic heterocycles. The largest absolute Gasteiger partial charge is 0.497 e. The molecule has 0 heterocycles. The summed E-state index contributed by atoms with van der Waals surface area (Å²) in [6.45, 7) is 0. The van der Waals surface area contributed by atoms with Gasteiger partial charge in [-0.2, -0.15) is 0 Å². The van der Waals surface area contributed by atoms with Crippen LogP contribution in [0.25, 0.3) is 0 Å². The van der Waals surface area contributed by atoms with Crippen molar-refractivity contribution in [3.63, 3.8) is 0 Å². The van der Waals surface area contributed by atoms with Crippen LogP contribution >= 0.6 is 0 Å². The Morgan fingerprint density at radius 2 is 2.05 bits per heavy atom. The summed E-state index contributed by atoms with van der Waals surface area (Å²) in [5.41, 5.74) is 5.74. The molecule has 0 aliphatic carbocycles. The van der Waals surface area contributed by atoms with Crippen LogP contribution in [0.15, 0.2) is 29.3 Å². The van der Waals surface area contributed by atoms with E-state index in [1.165, 1.54) is 6.21 Å². The maximum atomic E-state index is 10.9. The van der Waals surface area contributed by atoms with Gasteiger partial charge < -0.3 is 15.6 Å². The van der Waals surface area contributed by atoms with E-state index in [0.717, 1.165) is 5.56 Å². The summed E-state index contributed by atoms with van der Waals surface area (Å²) >= 11 is 0. The van der Waals surface area contributed by atoms with Gasteiger partial charge in [-0.1, -0.05) is 0 Å². The van der Waals surface area contributed by atoms with Gasteiger partial charge in [-0.3, -0.25) is 9.79 Å². The number of primary amides is 1. The Kier molecular flexibility index (Phi) is 5.53. The minimum absolute atomic E-state index is 0.00306. The number of aliphatic imine (C=N–C) groups is 1. The van der Waals surface area contributed by atoms with Crippen molar-refractivity contribution in [1.29, 1.82) is 0 Å². The number of carboxylic acids is 1. The Bertz CT molecular complexity index is 468. The second-order valence-electron chi connectivity index (χ2n) is 3.91. The van der Waals surface area contributed by atoms with E-state index in [4.69, 9.17) is 15.6 Å². The van der Waals surface area contributed by atoms with Gasteiger partial charge in [-0.15, -0.1) is 0 Å². The summed E-state index contributed by atoms with van der Waals surface area (Å²) in [6, 6.07) is 6.06. The first-order valence-electron chi connectivity index (χ1n) is 5.71. The quantitative estimate of drug-likeness (QED) is 0.712. The second kappa shape index (κ2) is 7.15. The monoisotopic (exact) mass is 264 g/mol. The zero-order valence-corrected chi connectivity index (χ0v) is 10.6. The Hall–Kier alpha value is -2.37. The van der Waals surface area contributed by atoms with E-state index in [9.17, 15) is 9.59 Å². The number of nitrogens with zero attached hydrogens (tertiary/aromatic N) is 1. The summed E-state index contributed by atoms with van der Waals surface area (Å²) in [7, 11) is 1.56. The molecule has 6 nitrogen and oxygen atoms in total. The summed E-state index contributed by atoms with van der Waals surface area (Å²) in [5, 5.41) is 8.96. The number of amides is 1. The van der Waals surface area contributed by atoms with Gasteiger partial charge in [-0.05, 0) is 36.2 Å². The van der Waals surface area contributed by atoms with Gasteiger partial charge in [-0.25, -0.2) is 4.79 Å². The topological polar surface area (TPSA) is 102 Å². The molecular formula is C13H16N2O4. The van der Waals surface area contributed by atoms with Crippen molar-refractivity contribution in [1.82, 2.24) is 0 Å². The molecule has 1 atom stereocenters. The summed E-state index contributed by atoms with van der Waals surface area (Å²) in [4.78, 5) is 25.5. The number of hydrogen-bond acceptors (Lipinski definition) is 4. The molecule has 0 aliphatic rings. The van der Waals surface area contributed by atoms with Crippen LogP contribution in [0.5, 0.6) is 5.75 Å². The van der Waals surface area contributed by atoms with Gasteiger partial charge in [0, 0.05) is 12.6 Å². The molecule has 0 saturated heterocycles. The van der Waals surface area contributed by atoms with Crippen molar-refractivity contribution in [3.05, 3.63) is 29.8 Å². The van der Waals surface area contributed by atoms with E-state index in [1.54, 1.807) is 31.4 Å². The number of rotatable bonds is 7. The van der Waals surface area contributed by atoms with Gasteiger partial charge in [0.2, 0.25) is 5.91 Å². The standard InChI is InChI=1S/C13H16N2O4/c1-19-10-4-2-9(3-5-10)8-15-11(13(17)18)6-7-12(14)16/h2-5,8,11H,6-7H2,1H3,(H2,14,16)(H,17,18)/t11-/m0/s1. The van der Waals surface area contributed by atoms with E-state index in [2.05, 4.69) is 4.99 Å². The van der Waals surface area contributed by atoms with Crippen molar-refractivity contribution in [2.45, 2.75) is 18.9 Å². The number of hydrogen-bond donors (Lipinski definition) is 2. The third kappa shape index (κ3) is 5.20. The highest BCUT2D eigenvalue weighted by molar-refractivity contribution is 5.84. The second-order valence-corrected chi connectivity index (χ2v) is 3.91. The molecule has 0 spiro atoms. The maximum absolute atomic E-state index is 10.9. The van der Waals surface area contributed by atoms with Crippen LogP contribution in [0.1, 0.15) is 18.4 Å². The first kappa shape index (κ1) is 14.7. The van der Waals surface area contributed by atoms with Crippen molar-refractivity contribution in [2.24, 2.45) is 10.7 Å². The number of ether oxygens (including phenoxy) is 1. The predicted molar refractivity (Wildman–Crippen MR) is 70.4 cm³/mol. The highest BCUT2D eigenvalue weighted by Crippen LogP contribution is 2.10. The molecule has 3 N–H and O–H groups in total. The molecule has 1 amide bonds. The van der Waals surface area contributed by atoms with Gasteiger partial charge in [0.05, 0.1) is 7.11 Å². The van der Waals surface area contributed by atoms with Crippen molar-refractivity contribution in [3.8, 4) is 5.75 Å². The molecular weight excluding hydrogens is 248 g/mol. The van der Waals surface area contributed by atoms with Crippen molar-refractivity contribution >= 4 is 18.1 Å². The average Bonchev–Trinajstić information content (AvgIpc) is 2.38. The minimum atomic E-state index is -1.08. The number of methoxy groups -OCH3 is 1. The SMILES string of the molecule is COc1ccc(C=N[C@@H](CCC(N)=O)C(=O)O)cc1. The number of carbonyl (C=O) groups excluding carboxylic acids is 1. The molecule has 6 heteroatoms. The Balaban J connectivity index is 2.68. The first-order chi connectivity index (χ1) is 9.02. The van der Waals surface area contributed by atoms with Gasteiger partial charge in [0.1, 0.15) is 11.8 Å². The van der Waals surface area contributed by atoms with Crippen LogP contribution in [0, 0.1) is 0 Å². The lowest BCUT2D eigenvalue weighted by Gasteiger charge is -2.05.